The minimum Gasteiger partial charge on any atom is -0.331 e. The molecule has 0 saturated carbocycles. The molecule has 1 heterocycles. The molecule has 1 aromatic heterocycles. The maximum Gasteiger partial charge on any atom is 0.321 e. The Labute approximate surface area is 81.5 Å². The minimum absolute atomic E-state index is 0.177. The van der Waals surface area contributed by atoms with Gasteiger partial charge in [-0.25, -0.2) is 4.79 Å². The van der Waals surface area contributed by atoms with Crippen LogP contribution < -0.4 is 10.6 Å². The standard InChI is InChI=1S/C9H11N3O2/c1-7(12-9(14)11-6-13)8-3-2-4-10-5-8/h2-7H,1H3,(H2,11,12,13,14). The number of nitrogens with zero attached hydrogens (tertiary/aromatic N) is 1. The Kier molecular flexibility index (Phi) is 3.60. The molecular weight excluding hydrogens is 182 g/mol. The molecule has 0 aliphatic heterocycles. The summed E-state index contributed by atoms with van der Waals surface area (Å²) in [7, 11) is 0. The molecule has 1 rings (SSSR count). The first-order valence-corrected chi connectivity index (χ1v) is 4.14. The number of rotatable bonds is 3. The summed E-state index contributed by atoms with van der Waals surface area (Å²) < 4.78 is 0. The number of aromatic nitrogens is 1. The maximum absolute atomic E-state index is 11.0. The fourth-order valence-electron chi connectivity index (χ4n) is 1.01. The lowest BCUT2D eigenvalue weighted by Crippen LogP contribution is -2.36. The number of hydrogen-bond donors (Lipinski definition) is 2. The van der Waals surface area contributed by atoms with Crippen LogP contribution in [0.5, 0.6) is 0 Å². The van der Waals surface area contributed by atoms with E-state index < -0.39 is 6.03 Å². The van der Waals surface area contributed by atoms with Crippen LogP contribution in [0.15, 0.2) is 24.5 Å². The molecule has 0 aromatic carbocycles. The van der Waals surface area contributed by atoms with Gasteiger partial charge in [0.25, 0.3) is 0 Å². The Morgan fingerprint density at radius 3 is 3.00 bits per heavy atom. The molecule has 0 aliphatic rings. The number of hydrogen-bond acceptors (Lipinski definition) is 3. The van der Waals surface area contributed by atoms with E-state index in [0.717, 1.165) is 5.56 Å². The van der Waals surface area contributed by atoms with Gasteiger partial charge in [-0.15, -0.1) is 0 Å². The van der Waals surface area contributed by atoms with E-state index >= 15 is 0 Å². The summed E-state index contributed by atoms with van der Waals surface area (Å²) in [6, 6.07) is 2.93. The summed E-state index contributed by atoms with van der Waals surface area (Å²) in [5.74, 6) is 0. The molecule has 14 heavy (non-hydrogen) atoms. The first-order valence-electron chi connectivity index (χ1n) is 4.14. The summed E-state index contributed by atoms with van der Waals surface area (Å²) in [5.41, 5.74) is 0.883. The number of pyridine rings is 1. The van der Waals surface area contributed by atoms with E-state index in [-0.39, 0.29) is 6.04 Å². The molecule has 5 nitrogen and oxygen atoms in total. The smallest absolute Gasteiger partial charge is 0.321 e. The summed E-state index contributed by atoms with van der Waals surface area (Å²) in [5, 5.41) is 4.57. The fourth-order valence-corrected chi connectivity index (χ4v) is 1.01. The van der Waals surface area contributed by atoms with Gasteiger partial charge in [0.05, 0.1) is 6.04 Å². The molecule has 1 unspecified atom stereocenters. The van der Waals surface area contributed by atoms with Gasteiger partial charge in [0.2, 0.25) is 6.41 Å². The molecule has 0 radical (unpaired) electrons. The molecule has 0 fully saturated rings. The monoisotopic (exact) mass is 193 g/mol. The van der Waals surface area contributed by atoms with E-state index in [1.807, 2.05) is 11.4 Å². The van der Waals surface area contributed by atoms with Crippen molar-refractivity contribution in [3.8, 4) is 0 Å². The van der Waals surface area contributed by atoms with Gasteiger partial charge >= 0.3 is 6.03 Å². The second-order valence-electron chi connectivity index (χ2n) is 2.74. The molecule has 0 bridgehead atoms. The molecule has 1 aromatic rings. The van der Waals surface area contributed by atoms with Crippen molar-refractivity contribution in [1.29, 1.82) is 0 Å². The van der Waals surface area contributed by atoms with Gasteiger partial charge in [-0.1, -0.05) is 6.07 Å². The molecule has 74 valence electrons. The highest BCUT2D eigenvalue weighted by Gasteiger charge is 2.07. The van der Waals surface area contributed by atoms with Gasteiger partial charge in [-0.05, 0) is 18.6 Å². The molecule has 2 N–H and O–H groups in total. The number of carbonyl (C=O) groups excluding carboxylic acids is 2. The summed E-state index contributed by atoms with van der Waals surface area (Å²) in [6.07, 6.45) is 3.65. The predicted octanol–water partition coefficient (Wildman–Crippen LogP) is 0.598. The van der Waals surface area contributed by atoms with Crippen molar-refractivity contribution in [1.82, 2.24) is 15.6 Å². The van der Waals surface area contributed by atoms with Gasteiger partial charge in [-0.3, -0.25) is 15.1 Å². The van der Waals surface area contributed by atoms with Crippen molar-refractivity contribution in [3.63, 3.8) is 0 Å². The van der Waals surface area contributed by atoms with E-state index in [1.54, 1.807) is 25.4 Å². The Hall–Kier alpha value is -1.91. The zero-order valence-corrected chi connectivity index (χ0v) is 7.73. The first kappa shape index (κ1) is 10.2. The van der Waals surface area contributed by atoms with E-state index in [1.165, 1.54) is 0 Å². The van der Waals surface area contributed by atoms with Gasteiger partial charge in [-0.2, -0.15) is 0 Å². The summed E-state index contributed by atoms with van der Waals surface area (Å²) >= 11 is 0. The van der Waals surface area contributed by atoms with Crippen LogP contribution in [0.1, 0.15) is 18.5 Å². The third-order valence-electron chi connectivity index (χ3n) is 1.72. The van der Waals surface area contributed by atoms with Crippen molar-refractivity contribution < 1.29 is 9.59 Å². The third kappa shape index (κ3) is 2.85. The number of nitrogens with one attached hydrogen (secondary N) is 2. The Morgan fingerprint density at radius 1 is 1.64 bits per heavy atom. The van der Waals surface area contributed by atoms with Crippen molar-refractivity contribution in [2.45, 2.75) is 13.0 Å². The van der Waals surface area contributed by atoms with Crippen LogP contribution in [0.2, 0.25) is 0 Å². The molecule has 0 saturated heterocycles. The summed E-state index contributed by atoms with van der Waals surface area (Å²) in [6.45, 7) is 1.81. The predicted molar refractivity (Wildman–Crippen MR) is 50.4 cm³/mol. The minimum atomic E-state index is -0.517. The van der Waals surface area contributed by atoms with Crippen LogP contribution >= 0.6 is 0 Å². The van der Waals surface area contributed by atoms with E-state index in [9.17, 15) is 9.59 Å². The van der Waals surface area contributed by atoms with Crippen LogP contribution in [0.25, 0.3) is 0 Å². The number of amides is 3. The lowest BCUT2D eigenvalue weighted by Gasteiger charge is -2.12. The Bertz CT molecular complexity index is 313. The number of urea groups is 1. The zero-order valence-electron chi connectivity index (χ0n) is 7.73. The third-order valence-corrected chi connectivity index (χ3v) is 1.72. The Morgan fingerprint density at radius 2 is 2.43 bits per heavy atom. The van der Waals surface area contributed by atoms with Gasteiger partial charge in [0.1, 0.15) is 0 Å². The topological polar surface area (TPSA) is 71.1 Å². The lowest BCUT2D eigenvalue weighted by molar-refractivity contribution is -0.108. The van der Waals surface area contributed by atoms with Crippen LogP contribution in [0.4, 0.5) is 4.79 Å². The van der Waals surface area contributed by atoms with Crippen LogP contribution in [0.3, 0.4) is 0 Å². The molecular formula is C9H11N3O2. The Balaban J connectivity index is 2.54. The average Bonchev–Trinajstić information content (AvgIpc) is 2.19. The largest absolute Gasteiger partial charge is 0.331 e. The zero-order chi connectivity index (χ0) is 10.4. The first-order chi connectivity index (χ1) is 6.74. The molecule has 1 atom stereocenters. The summed E-state index contributed by atoms with van der Waals surface area (Å²) in [4.78, 5) is 24.8. The fraction of sp³-hybridized carbons (Fsp3) is 0.222. The highest BCUT2D eigenvalue weighted by molar-refractivity contribution is 5.84. The van der Waals surface area contributed by atoms with Gasteiger partial charge < -0.3 is 5.32 Å². The van der Waals surface area contributed by atoms with Crippen LogP contribution in [0, 0.1) is 0 Å². The molecule has 0 aliphatic carbocycles. The lowest BCUT2D eigenvalue weighted by atomic mass is 10.1. The molecule has 5 heteroatoms. The van der Waals surface area contributed by atoms with E-state index in [2.05, 4.69) is 10.3 Å². The number of imide groups is 1. The van der Waals surface area contributed by atoms with Gasteiger partial charge in [0.15, 0.2) is 0 Å². The van der Waals surface area contributed by atoms with Crippen molar-refractivity contribution in [2.75, 3.05) is 0 Å². The van der Waals surface area contributed by atoms with Crippen LogP contribution in [-0.2, 0) is 4.79 Å². The highest BCUT2D eigenvalue weighted by Crippen LogP contribution is 2.08. The second-order valence-corrected chi connectivity index (χ2v) is 2.74. The molecule has 3 amide bonds. The second kappa shape index (κ2) is 4.96. The average molecular weight is 193 g/mol. The quantitative estimate of drug-likeness (QED) is 0.690. The van der Waals surface area contributed by atoms with E-state index in [4.69, 9.17) is 0 Å². The highest BCUT2D eigenvalue weighted by atomic mass is 16.2. The number of carbonyl (C=O) groups is 2. The van der Waals surface area contributed by atoms with Gasteiger partial charge in [0, 0.05) is 12.4 Å². The van der Waals surface area contributed by atoms with Crippen molar-refractivity contribution in [3.05, 3.63) is 30.1 Å². The normalized spacial score (nSPS) is 11.5. The van der Waals surface area contributed by atoms with Crippen LogP contribution in [-0.4, -0.2) is 17.4 Å². The van der Waals surface area contributed by atoms with Crippen molar-refractivity contribution >= 4 is 12.4 Å². The molecule has 0 spiro atoms. The maximum atomic E-state index is 11.0. The van der Waals surface area contributed by atoms with E-state index in [0.29, 0.717) is 6.41 Å². The SMILES string of the molecule is CC(NC(=O)NC=O)c1cccnc1. The van der Waals surface area contributed by atoms with Crippen molar-refractivity contribution in [2.24, 2.45) is 0 Å².